The summed E-state index contributed by atoms with van der Waals surface area (Å²) in [6.45, 7) is 0.379. The van der Waals surface area contributed by atoms with Crippen LogP contribution in [0.1, 0.15) is 36.3 Å². The number of aliphatic carboxylic acids is 1. The van der Waals surface area contributed by atoms with Gasteiger partial charge < -0.3 is 26.6 Å². The average Bonchev–Trinajstić information content (AvgIpc) is 3.22. The lowest BCUT2D eigenvalue weighted by Crippen LogP contribution is -2.30. The monoisotopic (exact) mass is 572 g/mol. The van der Waals surface area contributed by atoms with Gasteiger partial charge in [-0.1, -0.05) is 18.0 Å². The summed E-state index contributed by atoms with van der Waals surface area (Å²) >= 11 is 5.79. The zero-order valence-corrected chi connectivity index (χ0v) is 22.1. The maximum Gasteiger partial charge on any atom is 0.303 e. The third-order valence-electron chi connectivity index (χ3n) is 5.62. The maximum atomic E-state index is 13.3. The highest BCUT2D eigenvalue weighted by Gasteiger charge is 2.22. The van der Waals surface area contributed by atoms with Crippen molar-refractivity contribution in [3.63, 3.8) is 0 Å². The van der Waals surface area contributed by atoms with E-state index in [9.17, 15) is 23.6 Å². The van der Waals surface area contributed by atoms with E-state index >= 15 is 0 Å². The molecule has 3 amide bonds. The smallest absolute Gasteiger partial charge is 0.303 e. The number of nitrogens with zero attached hydrogens (tertiary/aromatic N) is 3. The molecule has 0 fully saturated rings. The zero-order chi connectivity index (χ0) is 29.4. The SMILES string of the molecule is COc1cc2nc(C(N)=O)nc(Nc3ccc(F)c(Cl)c3)c2cc1N.O=C(O)CCCCCN1C(=O)C=CC1=O. The highest BCUT2D eigenvalue weighted by atomic mass is 35.5. The Kier molecular flexibility index (Phi) is 9.92. The molecule has 12 nitrogen and oxygen atoms in total. The van der Waals surface area contributed by atoms with Crippen molar-refractivity contribution in [2.45, 2.75) is 25.7 Å². The molecule has 0 saturated heterocycles. The van der Waals surface area contributed by atoms with Gasteiger partial charge in [-0.2, -0.15) is 0 Å². The molecule has 14 heteroatoms. The van der Waals surface area contributed by atoms with Crippen LogP contribution >= 0.6 is 11.6 Å². The summed E-state index contributed by atoms with van der Waals surface area (Å²) in [5, 5.41) is 11.8. The number of hydrogen-bond acceptors (Lipinski definition) is 9. The van der Waals surface area contributed by atoms with Crippen LogP contribution in [0.25, 0.3) is 10.9 Å². The second kappa shape index (κ2) is 13.3. The number of nitrogen functional groups attached to an aromatic ring is 1. The lowest BCUT2D eigenvalue weighted by atomic mass is 10.2. The number of imide groups is 1. The Balaban J connectivity index is 0.000000252. The molecule has 0 bridgehead atoms. The number of primary amides is 1. The summed E-state index contributed by atoms with van der Waals surface area (Å²) in [7, 11) is 1.47. The van der Waals surface area contributed by atoms with E-state index in [1.807, 2.05) is 0 Å². The van der Waals surface area contributed by atoms with Crippen molar-refractivity contribution < 1.29 is 33.4 Å². The van der Waals surface area contributed by atoms with Gasteiger partial charge in [0.25, 0.3) is 17.7 Å². The number of unbranched alkanes of at least 4 members (excludes halogenated alkanes) is 2. The van der Waals surface area contributed by atoms with E-state index in [4.69, 9.17) is 32.9 Å². The van der Waals surface area contributed by atoms with Gasteiger partial charge in [-0.25, -0.2) is 14.4 Å². The highest BCUT2D eigenvalue weighted by molar-refractivity contribution is 6.31. The van der Waals surface area contributed by atoms with Crippen molar-refractivity contribution in [3.05, 3.63) is 59.1 Å². The molecule has 4 rings (SSSR count). The molecule has 1 aliphatic rings. The number of aromatic nitrogens is 2. The second-order valence-electron chi connectivity index (χ2n) is 8.49. The summed E-state index contributed by atoms with van der Waals surface area (Å²) in [5.41, 5.74) is 12.5. The Morgan fingerprint density at radius 1 is 1.10 bits per heavy atom. The van der Waals surface area contributed by atoms with Crippen molar-refractivity contribution in [2.75, 3.05) is 24.7 Å². The molecular formula is C26H26ClFN6O6. The molecule has 1 aliphatic heterocycles. The van der Waals surface area contributed by atoms with Gasteiger partial charge in [-0.05, 0) is 37.1 Å². The molecule has 1 aromatic heterocycles. The number of amides is 3. The number of carbonyl (C=O) groups is 4. The number of halogens is 2. The van der Waals surface area contributed by atoms with Gasteiger partial charge in [0, 0.05) is 42.3 Å². The molecule has 6 N–H and O–H groups in total. The van der Waals surface area contributed by atoms with Gasteiger partial charge >= 0.3 is 5.97 Å². The predicted molar refractivity (Wildman–Crippen MR) is 146 cm³/mol. The summed E-state index contributed by atoms with van der Waals surface area (Å²) in [4.78, 5) is 53.3. The Labute approximate surface area is 232 Å². The van der Waals surface area contributed by atoms with Gasteiger partial charge in [0.2, 0.25) is 5.82 Å². The van der Waals surface area contributed by atoms with Gasteiger partial charge in [0.1, 0.15) is 17.4 Å². The van der Waals surface area contributed by atoms with E-state index in [0.717, 1.165) is 0 Å². The number of benzene rings is 2. The number of nitrogens with two attached hydrogens (primary N) is 2. The van der Waals surface area contributed by atoms with Gasteiger partial charge in [-0.3, -0.25) is 24.1 Å². The molecule has 2 aromatic carbocycles. The largest absolute Gasteiger partial charge is 0.495 e. The van der Waals surface area contributed by atoms with Gasteiger partial charge in [-0.15, -0.1) is 0 Å². The number of carboxylic acids is 1. The Hall–Kier alpha value is -4.78. The van der Waals surface area contributed by atoms with Crippen LogP contribution in [0.5, 0.6) is 5.75 Å². The van der Waals surface area contributed by atoms with Crippen LogP contribution in [0.4, 0.5) is 21.6 Å². The van der Waals surface area contributed by atoms with E-state index < -0.39 is 17.7 Å². The predicted octanol–water partition coefficient (Wildman–Crippen LogP) is 3.41. The van der Waals surface area contributed by atoms with E-state index in [1.54, 1.807) is 12.1 Å². The van der Waals surface area contributed by atoms with Crippen LogP contribution in [0, 0.1) is 5.82 Å². The molecule has 0 spiro atoms. The number of carbonyl (C=O) groups excluding carboxylic acids is 3. The fraction of sp³-hybridized carbons (Fsp3) is 0.231. The lowest BCUT2D eigenvalue weighted by Gasteiger charge is -2.12. The molecule has 0 atom stereocenters. The third kappa shape index (κ3) is 7.63. The van der Waals surface area contributed by atoms with E-state index in [-0.39, 0.29) is 34.9 Å². The first-order valence-electron chi connectivity index (χ1n) is 11.9. The number of anilines is 3. The Morgan fingerprint density at radius 2 is 1.80 bits per heavy atom. The van der Waals surface area contributed by atoms with E-state index in [2.05, 4.69) is 15.3 Å². The normalized spacial score (nSPS) is 12.3. The summed E-state index contributed by atoms with van der Waals surface area (Å²) < 4.78 is 18.5. The first-order valence-corrected chi connectivity index (χ1v) is 12.3. The first kappa shape index (κ1) is 29.8. The van der Waals surface area contributed by atoms with Crippen LogP contribution in [-0.4, -0.2) is 57.3 Å². The molecule has 0 aliphatic carbocycles. The molecule has 0 unspecified atom stereocenters. The number of methoxy groups -OCH3 is 1. The van der Waals surface area contributed by atoms with Crippen molar-refractivity contribution in [3.8, 4) is 5.75 Å². The van der Waals surface area contributed by atoms with Crippen LogP contribution in [0.15, 0.2) is 42.5 Å². The maximum absolute atomic E-state index is 13.3. The summed E-state index contributed by atoms with van der Waals surface area (Å²) in [6.07, 6.45) is 4.59. The van der Waals surface area contributed by atoms with E-state index in [1.165, 1.54) is 42.4 Å². The zero-order valence-electron chi connectivity index (χ0n) is 21.3. The molecule has 40 heavy (non-hydrogen) atoms. The highest BCUT2D eigenvalue weighted by Crippen LogP contribution is 2.32. The van der Waals surface area contributed by atoms with Crippen molar-refractivity contribution in [1.29, 1.82) is 0 Å². The number of fused-ring (bicyclic) bond motifs is 1. The fourth-order valence-electron chi connectivity index (χ4n) is 3.64. The Bertz CT molecular complexity index is 1480. The van der Waals surface area contributed by atoms with Crippen LogP contribution < -0.4 is 21.5 Å². The van der Waals surface area contributed by atoms with Crippen LogP contribution in [0.2, 0.25) is 5.02 Å². The summed E-state index contributed by atoms with van der Waals surface area (Å²) in [6, 6.07) is 7.25. The van der Waals surface area contributed by atoms with Crippen molar-refractivity contribution in [1.82, 2.24) is 14.9 Å². The molecular weight excluding hydrogens is 547 g/mol. The van der Waals surface area contributed by atoms with Crippen molar-refractivity contribution in [2.24, 2.45) is 5.73 Å². The average molecular weight is 573 g/mol. The number of nitrogens with one attached hydrogen (secondary N) is 1. The molecule has 0 saturated carbocycles. The Morgan fingerprint density at radius 3 is 2.40 bits per heavy atom. The van der Waals surface area contributed by atoms with Crippen LogP contribution in [0.3, 0.4) is 0 Å². The second-order valence-corrected chi connectivity index (χ2v) is 8.90. The minimum atomic E-state index is -0.815. The van der Waals surface area contributed by atoms with Gasteiger partial charge in [0.05, 0.1) is 23.3 Å². The number of ether oxygens (including phenoxy) is 1. The quantitative estimate of drug-likeness (QED) is 0.159. The van der Waals surface area contributed by atoms with E-state index in [0.29, 0.717) is 53.8 Å². The standard InChI is InChI=1S/C16H13ClFN5O2.C10H13NO4/c1-25-13-6-12-8(5-11(13)19)15(23-16(22-12)14(20)24)21-7-2-3-10(18)9(17)4-7;12-8-5-6-9(13)11(8)7-3-1-2-4-10(14)15/h2-6H,19H2,1H3,(H2,20,24)(H,21,22,23);5-6H,1-4,7H2,(H,14,15). The van der Waals surface area contributed by atoms with Crippen molar-refractivity contribution >= 4 is 63.4 Å². The molecule has 3 aromatic rings. The first-order chi connectivity index (χ1) is 19.0. The molecule has 210 valence electrons. The lowest BCUT2D eigenvalue weighted by molar-refractivity contribution is -0.138. The molecule has 2 heterocycles. The topological polar surface area (TPSA) is 191 Å². The fourth-order valence-corrected chi connectivity index (χ4v) is 3.82. The van der Waals surface area contributed by atoms with Crippen LogP contribution in [-0.2, 0) is 14.4 Å². The number of rotatable bonds is 10. The minimum absolute atomic E-state index is 0.0559. The molecule has 0 radical (unpaired) electrons. The third-order valence-corrected chi connectivity index (χ3v) is 5.91. The minimum Gasteiger partial charge on any atom is -0.495 e. The van der Waals surface area contributed by atoms with Gasteiger partial charge in [0.15, 0.2) is 0 Å². The summed E-state index contributed by atoms with van der Waals surface area (Å²) in [5.74, 6) is -2.23. The number of hydrogen-bond donors (Lipinski definition) is 4. The number of carboxylic acid groups (broad SMARTS) is 1.